The van der Waals surface area contributed by atoms with Gasteiger partial charge in [0.2, 0.25) is 5.91 Å². The summed E-state index contributed by atoms with van der Waals surface area (Å²) in [4.78, 5) is 11.4. The van der Waals surface area contributed by atoms with E-state index in [4.69, 9.17) is 17.3 Å². The number of hydrogen-bond acceptors (Lipinski definition) is 4. The second-order valence-electron chi connectivity index (χ2n) is 3.13. The van der Waals surface area contributed by atoms with Crippen molar-refractivity contribution in [3.63, 3.8) is 0 Å². The third-order valence-corrected chi connectivity index (χ3v) is 2.19. The quantitative estimate of drug-likeness (QED) is 0.440. The minimum absolute atomic E-state index is 0.0790. The largest absolute Gasteiger partial charge is 0.504 e. The van der Waals surface area contributed by atoms with Gasteiger partial charge in [-0.05, 0) is 29.9 Å². The van der Waals surface area contributed by atoms with E-state index in [1.807, 2.05) is 0 Å². The average Bonchev–Trinajstić information content (AvgIpc) is 2.23. The number of nitrogens with one attached hydrogen (secondary N) is 2. The summed E-state index contributed by atoms with van der Waals surface area (Å²) in [6, 6.07) is 4.21. The fraction of sp³-hybridized carbons (Fsp3) is 0.200. The smallest absolute Gasteiger partial charge is 0.230 e. The number of thiocarbonyl (C=S) groups is 1. The van der Waals surface area contributed by atoms with Crippen molar-refractivity contribution in [3.05, 3.63) is 23.8 Å². The van der Waals surface area contributed by atoms with Gasteiger partial charge < -0.3 is 20.8 Å². The average molecular weight is 240 g/mol. The number of carbonyl (C=O) groups excluding carboxylic acids is 1. The van der Waals surface area contributed by atoms with Gasteiger partial charge in [-0.15, -0.1) is 0 Å². The van der Waals surface area contributed by atoms with Gasteiger partial charge in [0, 0.05) is 7.05 Å². The molecule has 0 unspecified atom stereocenters. The maximum atomic E-state index is 11.4. The summed E-state index contributed by atoms with van der Waals surface area (Å²) < 4.78 is 0. The number of rotatable bonds is 2. The van der Waals surface area contributed by atoms with E-state index in [1.165, 1.54) is 12.1 Å². The number of benzene rings is 1. The molecule has 0 spiro atoms. The molecule has 0 heterocycles. The summed E-state index contributed by atoms with van der Waals surface area (Å²) in [6.07, 6.45) is 0.0790. The lowest BCUT2D eigenvalue weighted by molar-refractivity contribution is -0.119. The maximum absolute atomic E-state index is 11.4. The van der Waals surface area contributed by atoms with Crippen molar-refractivity contribution in [1.82, 2.24) is 10.6 Å². The highest BCUT2D eigenvalue weighted by atomic mass is 32.1. The lowest BCUT2D eigenvalue weighted by Crippen LogP contribution is -2.37. The first-order valence-electron chi connectivity index (χ1n) is 4.55. The Morgan fingerprint density at radius 1 is 1.38 bits per heavy atom. The van der Waals surface area contributed by atoms with Crippen molar-refractivity contribution < 1.29 is 15.0 Å². The van der Waals surface area contributed by atoms with E-state index in [9.17, 15) is 9.90 Å². The van der Waals surface area contributed by atoms with E-state index in [0.717, 1.165) is 0 Å². The number of phenolic OH excluding ortho intramolecular Hbond substituents is 2. The van der Waals surface area contributed by atoms with Crippen molar-refractivity contribution in [2.24, 2.45) is 0 Å². The fourth-order valence-electron chi connectivity index (χ4n) is 1.10. The molecule has 4 N–H and O–H groups in total. The van der Waals surface area contributed by atoms with Crippen LogP contribution in [0.3, 0.4) is 0 Å². The van der Waals surface area contributed by atoms with Crippen molar-refractivity contribution >= 4 is 23.2 Å². The zero-order valence-electron chi connectivity index (χ0n) is 8.65. The van der Waals surface area contributed by atoms with E-state index >= 15 is 0 Å². The Bertz CT molecular complexity index is 421. The summed E-state index contributed by atoms with van der Waals surface area (Å²) in [7, 11) is 1.61. The summed E-state index contributed by atoms with van der Waals surface area (Å²) in [6.45, 7) is 0. The van der Waals surface area contributed by atoms with Crippen LogP contribution >= 0.6 is 12.2 Å². The van der Waals surface area contributed by atoms with E-state index < -0.39 is 0 Å². The van der Waals surface area contributed by atoms with Crippen LogP contribution in [0, 0.1) is 0 Å². The molecule has 0 atom stereocenters. The molecule has 6 heteroatoms. The fourth-order valence-corrected chi connectivity index (χ4v) is 1.21. The second-order valence-corrected chi connectivity index (χ2v) is 3.54. The maximum Gasteiger partial charge on any atom is 0.230 e. The van der Waals surface area contributed by atoms with Crippen molar-refractivity contribution in [1.29, 1.82) is 0 Å². The van der Waals surface area contributed by atoms with Crippen LogP contribution in [0.2, 0.25) is 0 Å². The molecule has 0 aliphatic rings. The van der Waals surface area contributed by atoms with Gasteiger partial charge in [-0.2, -0.15) is 0 Å². The van der Waals surface area contributed by atoms with Crippen LogP contribution in [-0.2, 0) is 11.2 Å². The number of phenols is 2. The van der Waals surface area contributed by atoms with Gasteiger partial charge in [-0.25, -0.2) is 0 Å². The highest BCUT2D eigenvalue weighted by Crippen LogP contribution is 2.24. The molecular formula is C10H12N2O3S. The van der Waals surface area contributed by atoms with Crippen LogP contribution in [0.15, 0.2) is 18.2 Å². The molecule has 0 aliphatic carbocycles. The summed E-state index contributed by atoms with van der Waals surface area (Å²) in [5.41, 5.74) is 0.590. The first-order chi connectivity index (χ1) is 7.52. The van der Waals surface area contributed by atoms with Crippen molar-refractivity contribution in [2.45, 2.75) is 6.42 Å². The van der Waals surface area contributed by atoms with Gasteiger partial charge in [0.25, 0.3) is 0 Å². The molecule has 1 rings (SSSR count). The molecule has 1 aromatic carbocycles. The molecule has 0 radical (unpaired) electrons. The Hall–Kier alpha value is -1.82. The Labute approximate surface area is 98.1 Å². The molecule has 0 bridgehead atoms. The molecule has 0 aliphatic heterocycles. The Balaban J connectivity index is 2.63. The van der Waals surface area contributed by atoms with Gasteiger partial charge >= 0.3 is 0 Å². The number of carbonyl (C=O) groups is 1. The SMILES string of the molecule is CNC(=S)NC(=O)Cc1ccc(O)c(O)c1. The summed E-state index contributed by atoms with van der Waals surface area (Å²) >= 11 is 4.76. The van der Waals surface area contributed by atoms with Crippen LogP contribution in [0.4, 0.5) is 0 Å². The van der Waals surface area contributed by atoms with E-state index in [2.05, 4.69) is 10.6 Å². The topological polar surface area (TPSA) is 81.6 Å². The van der Waals surface area contributed by atoms with Crippen LogP contribution < -0.4 is 10.6 Å². The molecule has 1 amide bonds. The van der Waals surface area contributed by atoms with Crippen LogP contribution in [-0.4, -0.2) is 28.3 Å². The monoisotopic (exact) mass is 240 g/mol. The summed E-state index contributed by atoms with van der Waals surface area (Å²) in [5, 5.41) is 23.6. The second kappa shape index (κ2) is 5.32. The van der Waals surface area contributed by atoms with E-state index in [0.29, 0.717) is 5.56 Å². The number of amides is 1. The van der Waals surface area contributed by atoms with Gasteiger partial charge in [0.1, 0.15) is 0 Å². The van der Waals surface area contributed by atoms with Crippen LogP contribution in [0.5, 0.6) is 11.5 Å². The molecule has 0 saturated carbocycles. The Morgan fingerprint density at radius 2 is 2.06 bits per heavy atom. The molecule has 1 aromatic rings. The van der Waals surface area contributed by atoms with Gasteiger partial charge in [0.15, 0.2) is 16.6 Å². The lowest BCUT2D eigenvalue weighted by atomic mass is 10.1. The Kier molecular flexibility index (Phi) is 4.07. The minimum Gasteiger partial charge on any atom is -0.504 e. The van der Waals surface area contributed by atoms with Gasteiger partial charge in [0.05, 0.1) is 6.42 Å². The third-order valence-electron chi connectivity index (χ3n) is 1.88. The molecule has 0 fully saturated rings. The lowest BCUT2D eigenvalue weighted by Gasteiger charge is -2.06. The molecule has 0 saturated heterocycles. The Morgan fingerprint density at radius 3 is 2.62 bits per heavy atom. The molecule has 0 aromatic heterocycles. The highest BCUT2D eigenvalue weighted by molar-refractivity contribution is 7.80. The molecule has 16 heavy (non-hydrogen) atoms. The number of aromatic hydroxyl groups is 2. The standard InChI is InChI=1S/C10H12N2O3S/c1-11-10(16)12-9(15)5-6-2-3-7(13)8(14)4-6/h2-4,13-14H,5H2,1H3,(H2,11,12,15,16). The zero-order valence-corrected chi connectivity index (χ0v) is 9.47. The number of hydrogen-bond donors (Lipinski definition) is 4. The minimum atomic E-state index is -0.288. The predicted molar refractivity (Wildman–Crippen MR) is 63.3 cm³/mol. The molecule has 86 valence electrons. The van der Waals surface area contributed by atoms with E-state index in [-0.39, 0.29) is 28.9 Å². The predicted octanol–water partition coefficient (Wildman–Crippen LogP) is 0.261. The van der Waals surface area contributed by atoms with Crippen molar-refractivity contribution in [3.8, 4) is 11.5 Å². The van der Waals surface area contributed by atoms with Gasteiger partial charge in [-0.3, -0.25) is 4.79 Å². The normalized spacial score (nSPS) is 9.56. The first kappa shape index (κ1) is 12.3. The third kappa shape index (κ3) is 3.39. The summed E-state index contributed by atoms with van der Waals surface area (Å²) in [5.74, 6) is -0.749. The first-order valence-corrected chi connectivity index (χ1v) is 4.96. The van der Waals surface area contributed by atoms with Crippen LogP contribution in [0.1, 0.15) is 5.56 Å². The zero-order chi connectivity index (χ0) is 12.1. The molecular weight excluding hydrogens is 228 g/mol. The van der Waals surface area contributed by atoms with Crippen molar-refractivity contribution in [2.75, 3.05) is 7.05 Å². The highest BCUT2D eigenvalue weighted by Gasteiger charge is 2.07. The molecule has 5 nitrogen and oxygen atoms in total. The van der Waals surface area contributed by atoms with E-state index in [1.54, 1.807) is 13.1 Å². The van der Waals surface area contributed by atoms with Crippen LogP contribution in [0.25, 0.3) is 0 Å². The van der Waals surface area contributed by atoms with Gasteiger partial charge in [-0.1, -0.05) is 6.07 Å².